The Morgan fingerprint density at radius 2 is 2.00 bits per heavy atom. The number of nitrogens with zero attached hydrogens (tertiary/aromatic N) is 1. The molecule has 0 saturated carbocycles. The fourth-order valence-electron chi connectivity index (χ4n) is 2.83. The van der Waals surface area contributed by atoms with Crippen molar-refractivity contribution in [2.45, 2.75) is 52.4 Å². The van der Waals surface area contributed by atoms with Crippen molar-refractivity contribution in [1.29, 1.82) is 0 Å². The Hall–Kier alpha value is -1.63. The molecule has 1 saturated heterocycles. The Bertz CT molecular complexity index is 551. The zero-order chi connectivity index (χ0) is 17.7. The molecule has 0 bridgehead atoms. The van der Waals surface area contributed by atoms with E-state index in [0.717, 1.165) is 12.8 Å². The van der Waals surface area contributed by atoms with Gasteiger partial charge in [0.15, 0.2) is 6.29 Å². The second-order valence-electron chi connectivity index (χ2n) is 6.39. The van der Waals surface area contributed by atoms with E-state index in [2.05, 4.69) is 38.2 Å². The molecule has 2 unspecified atom stereocenters. The normalized spacial score (nSPS) is 20.2. The molecule has 0 aromatic heterocycles. The van der Waals surface area contributed by atoms with Crippen LogP contribution in [0.15, 0.2) is 12.1 Å². The highest BCUT2D eigenvalue weighted by atomic mass is 16.7. The molecule has 1 aliphatic heterocycles. The number of carbonyl (C=O) groups is 1. The monoisotopic (exact) mass is 336 g/mol. The van der Waals surface area contributed by atoms with E-state index in [1.165, 1.54) is 29.3 Å². The van der Waals surface area contributed by atoms with Crippen LogP contribution < -0.4 is 5.32 Å². The van der Waals surface area contributed by atoms with Crippen LogP contribution in [-0.4, -0.2) is 42.8 Å². The smallest absolute Gasteiger partial charge is 0.340 e. The van der Waals surface area contributed by atoms with Crippen LogP contribution in [0.1, 0.15) is 47.6 Å². The van der Waals surface area contributed by atoms with Gasteiger partial charge in [0.05, 0.1) is 12.7 Å². The summed E-state index contributed by atoms with van der Waals surface area (Å²) in [6.45, 7) is 7.37. The third-order valence-corrected chi connectivity index (χ3v) is 4.50. The molecule has 6 heteroatoms. The SMILES string of the molecule is Cc1cc(C2CCC(OCCCNC(=O)N(C)O)O2)cc(C)c1C. The van der Waals surface area contributed by atoms with Crippen LogP contribution in [0.3, 0.4) is 0 Å². The van der Waals surface area contributed by atoms with E-state index in [1.54, 1.807) is 0 Å². The zero-order valence-corrected chi connectivity index (χ0v) is 15.0. The number of aryl methyl sites for hydroxylation is 2. The molecule has 6 nitrogen and oxygen atoms in total. The predicted octanol–water partition coefficient (Wildman–Crippen LogP) is 3.23. The lowest BCUT2D eigenvalue weighted by Gasteiger charge is -2.17. The number of ether oxygens (including phenoxy) is 2. The Balaban J connectivity index is 1.73. The number of benzene rings is 1. The second-order valence-corrected chi connectivity index (χ2v) is 6.39. The number of rotatable bonds is 6. The first-order chi connectivity index (χ1) is 11.4. The van der Waals surface area contributed by atoms with Crippen molar-refractivity contribution in [2.24, 2.45) is 0 Å². The van der Waals surface area contributed by atoms with Gasteiger partial charge in [-0.2, -0.15) is 0 Å². The summed E-state index contributed by atoms with van der Waals surface area (Å²) in [5, 5.41) is 12.0. The molecule has 1 aliphatic rings. The van der Waals surface area contributed by atoms with E-state index >= 15 is 0 Å². The first-order valence-electron chi connectivity index (χ1n) is 8.43. The second kappa shape index (κ2) is 8.46. The standard InChI is InChI=1S/C18H28N2O4/c1-12-10-15(11-13(2)14(12)3)16-6-7-17(24-16)23-9-5-8-19-18(21)20(4)22/h10-11,16-17,22H,5-9H2,1-4H3,(H,19,21). The maximum Gasteiger partial charge on any atom is 0.340 e. The lowest BCUT2D eigenvalue weighted by Crippen LogP contribution is -2.35. The van der Waals surface area contributed by atoms with Crippen LogP contribution in [0.5, 0.6) is 0 Å². The van der Waals surface area contributed by atoms with Crippen LogP contribution in [0.25, 0.3) is 0 Å². The summed E-state index contributed by atoms with van der Waals surface area (Å²) < 4.78 is 11.7. The average molecular weight is 336 g/mol. The van der Waals surface area contributed by atoms with Crippen LogP contribution in [0.4, 0.5) is 4.79 Å². The number of hydrogen-bond acceptors (Lipinski definition) is 4. The third-order valence-electron chi connectivity index (χ3n) is 4.50. The molecule has 1 heterocycles. The Morgan fingerprint density at radius 1 is 1.33 bits per heavy atom. The van der Waals surface area contributed by atoms with Crippen LogP contribution in [0.2, 0.25) is 0 Å². The van der Waals surface area contributed by atoms with Crippen LogP contribution in [0, 0.1) is 20.8 Å². The van der Waals surface area contributed by atoms with Crippen LogP contribution in [-0.2, 0) is 9.47 Å². The maximum absolute atomic E-state index is 11.1. The average Bonchev–Trinajstić information content (AvgIpc) is 3.00. The van der Waals surface area contributed by atoms with Crippen molar-refractivity contribution in [3.8, 4) is 0 Å². The van der Waals surface area contributed by atoms with Gasteiger partial charge >= 0.3 is 6.03 Å². The molecule has 0 aliphatic carbocycles. The quantitative estimate of drug-likeness (QED) is 0.475. The molecule has 24 heavy (non-hydrogen) atoms. The first kappa shape index (κ1) is 18.7. The Morgan fingerprint density at radius 3 is 2.62 bits per heavy atom. The highest BCUT2D eigenvalue weighted by Crippen LogP contribution is 2.34. The van der Waals surface area contributed by atoms with Gasteiger partial charge in [0, 0.05) is 20.0 Å². The topological polar surface area (TPSA) is 71.0 Å². The summed E-state index contributed by atoms with van der Waals surface area (Å²) in [5.74, 6) is 0. The number of carbonyl (C=O) groups excluding carboxylic acids is 1. The van der Waals surface area contributed by atoms with Crippen molar-refractivity contribution in [2.75, 3.05) is 20.2 Å². The molecule has 2 rings (SSSR count). The van der Waals surface area contributed by atoms with Crippen molar-refractivity contribution in [3.63, 3.8) is 0 Å². The van der Waals surface area contributed by atoms with Gasteiger partial charge in [0.1, 0.15) is 0 Å². The minimum absolute atomic E-state index is 0.0933. The van der Waals surface area contributed by atoms with Crippen molar-refractivity contribution < 1.29 is 19.5 Å². The summed E-state index contributed by atoms with van der Waals surface area (Å²) in [7, 11) is 1.28. The van der Waals surface area contributed by atoms with Crippen molar-refractivity contribution in [1.82, 2.24) is 10.4 Å². The number of urea groups is 1. The molecule has 1 fully saturated rings. The Kier molecular flexibility index (Phi) is 6.60. The molecule has 2 amide bonds. The molecule has 0 radical (unpaired) electrons. The van der Waals surface area contributed by atoms with Gasteiger partial charge in [-0.25, -0.2) is 9.86 Å². The molecular weight excluding hydrogens is 308 g/mol. The summed E-state index contributed by atoms with van der Waals surface area (Å²) in [5.41, 5.74) is 5.14. The van der Waals surface area contributed by atoms with Crippen molar-refractivity contribution in [3.05, 3.63) is 34.4 Å². The summed E-state index contributed by atoms with van der Waals surface area (Å²) >= 11 is 0. The van der Waals surface area contributed by atoms with Gasteiger partial charge in [-0.1, -0.05) is 12.1 Å². The van der Waals surface area contributed by atoms with Gasteiger partial charge in [0.2, 0.25) is 0 Å². The third kappa shape index (κ3) is 4.93. The van der Waals surface area contributed by atoms with Gasteiger partial charge in [-0.15, -0.1) is 0 Å². The molecule has 134 valence electrons. The lowest BCUT2D eigenvalue weighted by molar-refractivity contribution is -0.134. The largest absolute Gasteiger partial charge is 0.353 e. The van der Waals surface area contributed by atoms with E-state index in [1.807, 2.05) is 0 Å². The molecule has 2 N–H and O–H groups in total. The van der Waals surface area contributed by atoms with E-state index in [-0.39, 0.29) is 12.4 Å². The number of hydrogen-bond donors (Lipinski definition) is 2. The highest BCUT2D eigenvalue weighted by molar-refractivity contribution is 5.72. The molecule has 1 aromatic rings. The van der Waals surface area contributed by atoms with E-state index in [0.29, 0.717) is 24.6 Å². The van der Waals surface area contributed by atoms with Gasteiger partial charge in [-0.3, -0.25) is 5.21 Å². The van der Waals surface area contributed by atoms with E-state index in [4.69, 9.17) is 14.7 Å². The number of hydroxylamine groups is 2. The summed E-state index contributed by atoms with van der Waals surface area (Å²) in [4.78, 5) is 11.1. The molecule has 2 atom stereocenters. The minimum Gasteiger partial charge on any atom is -0.353 e. The fraction of sp³-hybridized carbons (Fsp3) is 0.611. The van der Waals surface area contributed by atoms with E-state index in [9.17, 15) is 4.79 Å². The fourth-order valence-corrected chi connectivity index (χ4v) is 2.83. The molecular formula is C18H28N2O4. The van der Waals surface area contributed by atoms with Crippen LogP contribution >= 0.6 is 0 Å². The van der Waals surface area contributed by atoms with Gasteiger partial charge in [-0.05, 0) is 55.9 Å². The minimum atomic E-state index is -0.516. The molecule has 0 spiro atoms. The number of nitrogens with one attached hydrogen (secondary N) is 1. The Labute approximate surface area is 143 Å². The highest BCUT2D eigenvalue weighted by Gasteiger charge is 2.27. The van der Waals surface area contributed by atoms with E-state index < -0.39 is 6.03 Å². The van der Waals surface area contributed by atoms with Gasteiger partial charge < -0.3 is 14.8 Å². The summed E-state index contributed by atoms with van der Waals surface area (Å²) in [6, 6.07) is 3.89. The predicted molar refractivity (Wildman–Crippen MR) is 91.0 cm³/mol. The first-order valence-corrected chi connectivity index (χ1v) is 8.43. The summed E-state index contributed by atoms with van der Waals surface area (Å²) in [6.07, 6.45) is 2.41. The van der Waals surface area contributed by atoms with Crippen molar-refractivity contribution >= 4 is 6.03 Å². The zero-order valence-electron chi connectivity index (χ0n) is 15.0. The number of amides is 2. The molecule has 1 aromatic carbocycles. The lowest BCUT2D eigenvalue weighted by atomic mass is 9.97. The van der Waals surface area contributed by atoms with Gasteiger partial charge in [0.25, 0.3) is 0 Å². The maximum atomic E-state index is 11.1.